The highest BCUT2D eigenvalue weighted by Crippen LogP contribution is 2.23. The van der Waals surface area contributed by atoms with Gasteiger partial charge in [-0.2, -0.15) is 0 Å². The van der Waals surface area contributed by atoms with Crippen LogP contribution in [0.1, 0.15) is 18.4 Å². The molecule has 1 aliphatic rings. The molecule has 1 aromatic rings. The Balaban J connectivity index is 2.14. The number of piperidine rings is 1. The third-order valence-corrected chi connectivity index (χ3v) is 3.49. The number of hydrogen-bond donors (Lipinski definition) is 2. The number of likely N-dealkylation sites (tertiary alicyclic amines) is 1. The van der Waals surface area contributed by atoms with Gasteiger partial charge in [0.15, 0.2) is 17.2 Å². The summed E-state index contributed by atoms with van der Waals surface area (Å²) >= 11 is 0. The fraction of sp³-hybridized carbons (Fsp3) is 0.462. The smallest absolute Gasteiger partial charge is 0.250 e. The van der Waals surface area contributed by atoms with E-state index in [9.17, 15) is 23.1 Å². The molecule has 2 rings (SSSR count). The molecule has 3 N–H and O–H groups in total. The number of carbonyl (C=O) groups is 1. The molecule has 0 spiro atoms. The number of nitrogens with two attached hydrogens (primary N) is 1. The molecule has 7 heteroatoms. The van der Waals surface area contributed by atoms with Crippen LogP contribution in [-0.2, 0) is 11.3 Å². The molecule has 20 heavy (non-hydrogen) atoms. The van der Waals surface area contributed by atoms with Gasteiger partial charge in [0.1, 0.15) is 5.82 Å². The quantitative estimate of drug-likeness (QED) is 0.813. The van der Waals surface area contributed by atoms with E-state index in [2.05, 4.69) is 0 Å². The molecule has 4 nitrogen and oxygen atoms in total. The van der Waals surface area contributed by atoms with Crippen molar-refractivity contribution in [3.8, 4) is 0 Å². The van der Waals surface area contributed by atoms with Crippen molar-refractivity contribution in [2.24, 2.45) is 5.73 Å². The van der Waals surface area contributed by atoms with E-state index in [1.165, 1.54) is 0 Å². The Morgan fingerprint density at radius 2 is 1.95 bits per heavy atom. The number of aliphatic hydroxyl groups is 1. The van der Waals surface area contributed by atoms with E-state index in [1.807, 2.05) is 0 Å². The van der Waals surface area contributed by atoms with Gasteiger partial charge in [-0.05, 0) is 25.5 Å². The second-order valence-corrected chi connectivity index (χ2v) is 5.07. The van der Waals surface area contributed by atoms with Crippen molar-refractivity contribution >= 4 is 5.91 Å². The van der Waals surface area contributed by atoms with Crippen molar-refractivity contribution in [1.82, 2.24) is 4.90 Å². The summed E-state index contributed by atoms with van der Waals surface area (Å²) in [6.07, 6.45) is 0.740. The summed E-state index contributed by atoms with van der Waals surface area (Å²) in [5.41, 5.74) is 3.44. The summed E-state index contributed by atoms with van der Waals surface area (Å²) in [5, 5.41) is 10.0. The fourth-order valence-electron chi connectivity index (χ4n) is 2.39. The average molecular weight is 288 g/mol. The largest absolute Gasteiger partial charge is 0.379 e. The van der Waals surface area contributed by atoms with Crippen LogP contribution in [0.25, 0.3) is 0 Å². The van der Waals surface area contributed by atoms with Crippen molar-refractivity contribution in [1.29, 1.82) is 0 Å². The van der Waals surface area contributed by atoms with Crippen LogP contribution in [0.4, 0.5) is 13.2 Å². The molecule has 1 saturated heterocycles. The van der Waals surface area contributed by atoms with Crippen LogP contribution in [-0.4, -0.2) is 34.6 Å². The van der Waals surface area contributed by atoms with Crippen LogP contribution in [0, 0.1) is 17.5 Å². The molecule has 1 unspecified atom stereocenters. The van der Waals surface area contributed by atoms with Gasteiger partial charge in [-0.15, -0.1) is 0 Å². The summed E-state index contributed by atoms with van der Waals surface area (Å²) < 4.78 is 39.5. The predicted molar refractivity (Wildman–Crippen MR) is 65.0 cm³/mol. The van der Waals surface area contributed by atoms with Crippen LogP contribution < -0.4 is 5.73 Å². The molecule has 1 amide bonds. The van der Waals surface area contributed by atoms with E-state index >= 15 is 0 Å². The molecule has 0 bridgehead atoms. The first kappa shape index (κ1) is 14.8. The first-order valence-electron chi connectivity index (χ1n) is 6.20. The zero-order chi connectivity index (χ0) is 14.9. The molecule has 110 valence electrons. The van der Waals surface area contributed by atoms with Gasteiger partial charge < -0.3 is 10.8 Å². The monoisotopic (exact) mass is 288 g/mol. The molecule has 1 aromatic carbocycles. The molecule has 0 saturated carbocycles. The lowest BCUT2D eigenvalue weighted by atomic mass is 9.92. The maximum absolute atomic E-state index is 13.5. The minimum Gasteiger partial charge on any atom is -0.379 e. The molecular weight excluding hydrogens is 273 g/mol. The normalized spacial score (nSPS) is 23.8. The van der Waals surface area contributed by atoms with Gasteiger partial charge in [0.25, 0.3) is 5.91 Å². The molecule has 1 aliphatic heterocycles. The van der Waals surface area contributed by atoms with E-state index in [0.717, 1.165) is 6.07 Å². The third-order valence-electron chi connectivity index (χ3n) is 3.49. The van der Waals surface area contributed by atoms with E-state index < -0.39 is 29.0 Å². The van der Waals surface area contributed by atoms with Crippen molar-refractivity contribution in [2.45, 2.75) is 25.0 Å². The first-order valence-corrected chi connectivity index (χ1v) is 6.20. The fourth-order valence-corrected chi connectivity index (χ4v) is 2.39. The molecule has 0 aromatic heterocycles. The van der Waals surface area contributed by atoms with Crippen molar-refractivity contribution < 1.29 is 23.1 Å². The lowest BCUT2D eigenvalue weighted by molar-refractivity contribution is -0.142. The molecule has 1 atom stereocenters. The van der Waals surface area contributed by atoms with Crippen molar-refractivity contribution in [3.63, 3.8) is 0 Å². The molecular formula is C13H15F3N2O2. The minimum absolute atomic E-state index is 0.0291. The Labute approximate surface area is 114 Å². The van der Waals surface area contributed by atoms with E-state index in [1.54, 1.807) is 4.90 Å². The summed E-state index contributed by atoms with van der Waals surface area (Å²) in [6, 6.07) is 1.26. The standard InChI is InChI=1S/C13H15F3N2O2/c14-9-5-11(16)10(15)4-8(9)6-18-3-1-2-13(20,7-18)12(17)19/h4-5,20H,1-3,6-7H2,(H2,17,19). The summed E-state index contributed by atoms with van der Waals surface area (Å²) in [6.45, 7) is 0.424. The second-order valence-electron chi connectivity index (χ2n) is 5.07. The summed E-state index contributed by atoms with van der Waals surface area (Å²) in [7, 11) is 0. The van der Waals surface area contributed by atoms with E-state index in [-0.39, 0.29) is 25.1 Å². The van der Waals surface area contributed by atoms with Gasteiger partial charge in [-0.25, -0.2) is 13.2 Å². The van der Waals surface area contributed by atoms with Crippen molar-refractivity contribution in [3.05, 3.63) is 35.1 Å². The topological polar surface area (TPSA) is 66.6 Å². The number of benzene rings is 1. The minimum atomic E-state index is -1.66. The van der Waals surface area contributed by atoms with Crippen molar-refractivity contribution in [2.75, 3.05) is 13.1 Å². The van der Waals surface area contributed by atoms with E-state index in [4.69, 9.17) is 5.73 Å². The lowest BCUT2D eigenvalue weighted by Crippen LogP contribution is -2.55. The van der Waals surface area contributed by atoms with Gasteiger partial charge in [0, 0.05) is 24.7 Å². The highest BCUT2D eigenvalue weighted by molar-refractivity contribution is 5.83. The third kappa shape index (κ3) is 2.94. The maximum atomic E-state index is 13.5. The van der Waals surface area contributed by atoms with Crippen LogP contribution in [0.5, 0.6) is 0 Å². The number of halogens is 3. The first-order chi connectivity index (χ1) is 9.32. The van der Waals surface area contributed by atoms with Gasteiger partial charge in [-0.3, -0.25) is 9.69 Å². The summed E-state index contributed by atoms with van der Waals surface area (Å²) in [5.74, 6) is -4.09. The predicted octanol–water partition coefficient (Wildman–Crippen LogP) is 0.916. The molecule has 1 fully saturated rings. The Morgan fingerprint density at radius 1 is 1.30 bits per heavy atom. The van der Waals surface area contributed by atoms with Gasteiger partial charge in [-0.1, -0.05) is 0 Å². The highest BCUT2D eigenvalue weighted by atomic mass is 19.2. The number of β-amino-alcohol motifs (C(OH)–C–C–N with tert-alkyl or cyclic N) is 1. The van der Waals surface area contributed by atoms with Gasteiger partial charge in [0.05, 0.1) is 0 Å². The van der Waals surface area contributed by atoms with E-state index in [0.29, 0.717) is 19.0 Å². The molecule has 1 heterocycles. The Morgan fingerprint density at radius 3 is 2.60 bits per heavy atom. The van der Waals surface area contributed by atoms with Crippen LogP contribution in [0.3, 0.4) is 0 Å². The summed E-state index contributed by atoms with van der Waals surface area (Å²) in [4.78, 5) is 12.8. The highest BCUT2D eigenvalue weighted by Gasteiger charge is 2.38. The Bertz CT molecular complexity index is 539. The zero-order valence-electron chi connectivity index (χ0n) is 10.7. The number of carbonyl (C=O) groups excluding carboxylic acids is 1. The zero-order valence-corrected chi connectivity index (χ0v) is 10.7. The average Bonchev–Trinajstić information content (AvgIpc) is 2.36. The Hall–Kier alpha value is -1.60. The van der Waals surface area contributed by atoms with Crippen LogP contribution in [0.2, 0.25) is 0 Å². The van der Waals surface area contributed by atoms with Gasteiger partial charge in [0.2, 0.25) is 0 Å². The molecule has 0 aliphatic carbocycles. The van der Waals surface area contributed by atoms with Crippen LogP contribution in [0.15, 0.2) is 12.1 Å². The number of rotatable bonds is 3. The maximum Gasteiger partial charge on any atom is 0.250 e. The number of amides is 1. The Kier molecular flexibility index (Phi) is 4.01. The molecule has 0 radical (unpaired) electrons. The number of primary amides is 1. The van der Waals surface area contributed by atoms with Gasteiger partial charge >= 0.3 is 0 Å². The lowest BCUT2D eigenvalue weighted by Gasteiger charge is -2.37. The second kappa shape index (κ2) is 5.41. The SMILES string of the molecule is NC(=O)C1(O)CCCN(Cc2cc(F)c(F)cc2F)C1. The number of hydrogen-bond acceptors (Lipinski definition) is 3. The van der Waals surface area contributed by atoms with Crippen LogP contribution >= 0.6 is 0 Å². The number of nitrogens with zero attached hydrogens (tertiary/aromatic N) is 1.